The first-order valence-corrected chi connectivity index (χ1v) is 12.5. The smallest absolute Gasteiger partial charge is 0.276 e. The third-order valence-electron chi connectivity index (χ3n) is 6.71. The summed E-state index contributed by atoms with van der Waals surface area (Å²) in [4.78, 5) is 32.9. The molecule has 0 aromatic carbocycles. The highest BCUT2D eigenvalue weighted by Crippen LogP contribution is 2.31. The van der Waals surface area contributed by atoms with Crippen LogP contribution in [0.2, 0.25) is 0 Å². The molecule has 36 heavy (non-hydrogen) atoms. The number of fused-ring (bicyclic) bond motifs is 1. The Morgan fingerprint density at radius 3 is 2.53 bits per heavy atom. The predicted octanol–water partition coefficient (Wildman–Crippen LogP) is 3.24. The first kappa shape index (κ1) is 24.1. The molecule has 5 rings (SSSR count). The van der Waals surface area contributed by atoms with Gasteiger partial charge in [0, 0.05) is 42.5 Å². The highest BCUT2D eigenvalue weighted by atomic mass is 19.1. The van der Waals surface area contributed by atoms with Gasteiger partial charge in [-0.2, -0.15) is 4.39 Å². The van der Waals surface area contributed by atoms with Crippen molar-refractivity contribution >= 4 is 34.5 Å². The summed E-state index contributed by atoms with van der Waals surface area (Å²) in [6.07, 6.45) is 9.47. The summed E-state index contributed by atoms with van der Waals surface area (Å²) in [5.74, 6) is 0.225. The van der Waals surface area contributed by atoms with Gasteiger partial charge in [0.2, 0.25) is 5.95 Å². The van der Waals surface area contributed by atoms with Gasteiger partial charge in [0.1, 0.15) is 11.6 Å². The zero-order valence-electron chi connectivity index (χ0n) is 20.3. The Morgan fingerprint density at radius 1 is 1.06 bits per heavy atom. The molecule has 0 atom stereocenters. The second-order valence-electron chi connectivity index (χ2n) is 9.70. The van der Waals surface area contributed by atoms with Gasteiger partial charge in [-0.05, 0) is 57.6 Å². The Balaban J connectivity index is 1.33. The number of halogens is 1. The summed E-state index contributed by atoms with van der Waals surface area (Å²) >= 11 is 0. The number of aromatic nitrogens is 4. The number of carbonyl (C=O) groups excluding carboxylic acids is 2. The molecule has 4 N–H and O–H groups in total. The zero-order valence-corrected chi connectivity index (χ0v) is 20.3. The van der Waals surface area contributed by atoms with Crippen LogP contribution in [0.5, 0.6) is 0 Å². The van der Waals surface area contributed by atoms with Crippen molar-refractivity contribution in [1.29, 1.82) is 0 Å². The number of imidazole rings is 1. The first-order chi connectivity index (χ1) is 17.5. The van der Waals surface area contributed by atoms with Crippen molar-refractivity contribution in [3.63, 3.8) is 0 Å². The van der Waals surface area contributed by atoms with Crippen LogP contribution < -0.4 is 21.3 Å². The van der Waals surface area contributed by atoms with Crippen LogP contribution in [0.15, 0.2) is 30.6 Å². The number of ketones is 1. The van der Waals surface area contributed by atoms with Gasteiger partial charge in [-0.3, -0.25) is 9.59 Å². The Kier molecular flexibility index (Phi) is 7.08. The SMILES string of the molecule is CNCC(=O)CC1CCC(Nc2cc(NC3CC3)c3ncc(C(=O)Nc4ccnc(F)c4)n3n2)CC1. The number of nitrogens with one attached hydrogen (secondary N) is 4. The lowest BCUT2D eigenvalue weighted by Crippen LogP contribution is -2.29. The van der Waals surface area contributed by atoms with Crippen LogP contribution >= 0.6 is 0 Å². The van der Waals surface area contributed by atoms with E-state index in [1.807, 2.05) is 6.07 Å². The van der Waals surface area contributed by atoms with Crippen LogP contribution in [0, 0.1) is 11.9 Å². The topological polar surface area (TPSA) is 125 Å². The summed E-state index contributed by atoms with van der Waals surface area (Å²) in [6.45, 7) is 0.426. The van der Waals surface area contributed by atoms with E-state index in [1.54, 1.807) is 7.05 Å². The number of nitrogens with zero attached hydrogens (tertiary/aromatic N) is 4. The number of hydrogen-bond donors (Lipinski definition) is 4. The second kappa shape index (κ2) is 10.6. The third-order valence-corrected chi connectivity index (χ3v) is 6.71. The lowest BCUT2D eigenvalue weighted by Gasteiger charge is -2.29. The maximum Gasteiger partial charge on any atom is 0.276 e. The van der Waals surface area contributed by atoms with Gasteiger partial charge in [0.15, 0.2) is 11.3 Å². The molecular formula is C25H31FN8O2. The largest absolute Gasteiger partial charge is 0.379 e. The number of carbonyl (C=O) groups is 2. The van der Waals surface area contributed by atoms with Crippen molar-refractivity contribution in [3.8, 4) is 0 Å². The molecule has 0 aliphatic heterocycles. The van der Waals surface area contributed by atoms with Crippen molar-refractivity contribution in [3.05, 3.63) is 42.2 Å². The summed E-state index contributed by atoms with van der Waals surface area (Å²) < 4.78 is 15.0. The minimum atomic E-state index is -0.674. The molecule has 190 valence electrons. The molecule has 2 fully saturated rings. The van der Waals surface area contributed by atoms with E-state index in [0.29, 0.717) is 42.1 Å². The van der Waals surface area contributed by atoms with Crippen LogP contribution in [0.3, 0.4) is 0 Å². The van der Waals surface area contributed by atoms with Crippen LogP contribution in [0.1, 0.15) is 55.4 Å². The van der Waals surface area contributed by atoms with Crippen LogP contribution in [0.25, 0.3) is 5.65 Å². The molecule has 11 heteroatoms. The monoisotopic (exact) mass is 494 g/mol. The standard InChI is InChI=1S/C25H31FN8O2/c1-27-13-19(35)10-15-2-4-17(5-3-15)31-23-12-20(30-16-6-7-16)24-29-14-21(34(24)33-23)25(36)32-18-8-9-28-22(26)11-18/h8-9,11-12,14-17,27,30H,2-7,10,13H2,1H3,(H,31,33)(H,28,32,36). The Labute approximate surface area is 208 Å². The fourth-order valence-electron chi connectivity index (χ4n) is 4.73. The highest BCUT2D eigenvalue weighted by Gasteiger charge is 2.26. The molecule has 3 aromatic rings. The summed E-state index contributed by atoms with van der Waals surface area (Å²) in [5.41, 5.74) is 1.93. The summed E-state index contributed by atoms with van der Waals surface area (Å²) in [6, 6.07) is 5.25. The molecule has 0 unspecified atom stereocenters. The molecule has 2 aliphatic carbocycles. The van der Waals surface area contributed by atoms with Gasteiger partial charge in [0.25, 0.3) is 5.91 Å². The van der Waals surface area contributed by atoms with Gasteiger partial charge >= 0.3 is 0 Å². The van der Waals surface area contributed by atoms with Gasteiger partial charge < -0.3 is 21.3 Å². The van der Waals surface area contributed by atoms with Crippen molar-refractivity contribution in [2.75, 3.05) is 29.5 Å². The molecule has 10 nitrogen and oxygen atoms in total. The zero-order chi connectivity index (χ0) is 25.1. The lowest BCUT2D eigenvalue weighted by atomic mass is 9.83. The number of pyridine rings is 1. The van der Waals surface area contributed by atoms with Gasteiger partial charge in [-0.25, -0.2) is 14.5 Å². The van der Waals surface area contributed by atoms with E-state index in [0.717, 1.165) is 50.3 Å². The fraction of sp³-hybridized carbons (Fsp3) is 0.480. The van der Waals surface area contributed by atoms with E-state index in [9.17, 15) is 14.0 Å². The van der Waals surface area contributed by atoms with E-state index in [-0.39, 0.29) is 17.5 Å². The van der Waals surface area contributed by atoms with Crippen molar-refractivity contribution in [1.82, 2.24) is 24.9 Å². The average molecular weight is 495 g/mol. The molecule has 1 amide bonds. The molecule has 2 saturated carbocycles. The van der Waals surface area contributed by atoms with Crippen molar-refractivity contribution in [2.24, 2.45) is 5.92 Å². The Morgan fingerprint density at radius 2 is 1.81 bits per heavy atom. The molecule has 2 aliphatic rings. The number of anilines is 3. The van der Waals surface area contributed by atoms with E-state index in [1.165, 1.54) is 23.0 Å². The van der Waals surface area contributed by atoms with E-state index in [2.05, 4.69) is 36.3 Å². The second-order valence-corrected chi connectivity index (χ2v) is 9.70. The molecule has 0 saturated heterocycles. The number of rotatable bonds is 10. The van der Waals surface area contributed by atoms with E-state index in [4.69, 9.17) is 0 Å². The summed E-state index contributed by atoms with van der Waals surface area (Å²) in [5, 5.41) is 17.3. The minimum Gasteiger partial charge on any atom is -0.379 e. The molecule has 3 heterocycles. The van der Waals surface area contributed by atoms with Gasteiger partial charge in [-0.15, -0.1) is 5.10 Å². The molecular weight excluding hydrogens is 463 g/mol. The maximum atomic E-state index is 13.5. The van der Waals surface area contributed by atoms with Crippen LogP contribution in [0.4, 0.5) is 21.6 Å². The minimum absolute atomic E-state index is 0.236. The van der Waals surface area contributed by atoms with Crippen molar-refractivity contribution in [2.45, 2.75) is 57.0 Å². The fourth-order valence-corrected chi connectivity index (χ4v) is 4.73. The molecule has 0 bridgehead atoms. The third kappa shape index (κ3) is 5.78. The first-order valence-electron chi connectivity index (χ1n) is 12.5. The highest BCUT2D eigenvalue weighted by molar-refractivity contribution is 6.03. The number of hydrogen-bond acceptors (Lipinski definition) is 8. The van der Waals surface area contributed by atoms with E-state index >= 15 is 0 Å². The van der Waals surface area contributed by atoms with Gasteiger partial charge in [-0.1, -0.05) is 0 Å². The molecule has 3 aromatic heterocycles. The maximum absolute atomic E-state index is 13.5. The van der Waals surface area contributed by atoms with Gasteiger partial charge in [0.05, 0.1) is 18.4 Å². The molecule has 0 spiro atoms. The number of Topliss-reactive ketones (excluding diaryl/α,β-unsaturated/α-hetero) is 1. The number of amides is 1. The normalized spacial score (nSPS) is 19.7. The van der Waals surface area contributed by atoms with Crippen LogP contribution in [-0.2, 0) is 4.79 Å². The van der Waals surface area contributed by atoms with Crippen molar-refractivity contribution < 1.29 is 14.0 Å². The summed E-state index contributed by atoms with van der Waals surface area (Å²) in [7, 11) is 1.79. The number of likely N-dealkylation sites (N-methyl/N-ethyl adjacent to an activating group) is 1. The molecule has 0 radical (unpaired) electrons. The Hall–Kier alpha value is -3.60. The Bertz CT molecular complexity index is 1250. The lowest BCUT2D eigenvalue weighted by molar-refractivity contribution is -0.119. The van der Waals surface area contributed by atoms with Crippen LogP contribution in [-0.4, -0.2) is 56.9 Å². The average Bonchev–Trinajstić information content (AvgIpc) is 3.55. The predicted molar refractivity (Wildman–Crippen MR) is 135 cm³/mol. The quantitative estimate of drug-likeness (QED) is 0.317. The van der Waals surface area contributed by atoms with E-state index < -0.39 is 11.9 Å².